The van der Waals surface area contributed by atoms with Crippen molar-refractivity contribution in [2.75, 3.05) is 78.5 Å². The number of nitrogens with zero attached hydrogens (tertiary/aromatic N) is 3. The number of carbonyl (C=O) groups excluding carboxylic acids is 2. The largest absolute Gasteiger partial charge is 0.744 e. The second kappa shape index (κ2) is 43.9. The van der Waals surface area contributed by atoms with Gasteiger partial charge in [0, 0.05) is 5.56 Å². The highest BCUT2D eigenvalue weighted by Crippen LogP contribution is 2.20. The third kappa shape index (κ3) is 34.0. The number of benzene rings is 1. The predicted molar refractivity (Wildman–Crippen MR) is 281 cm³/mol. The SMILES string of the molecule is CCCC[N+](CCCC)(CCCC)CCCC.CCCC[N+](CCCC)(CCCC)CCCC.CCCC[N+](CCCC)(CCCC)CCCC.O=C([O-])c1ccc(S(=O)(=O)[O-])c(C(=O)[O-])c1. The van der Waals surface area contributed by atoms with Crippen LogP contribution in [0.2, 0.25) is 0 Å². The van der Waals surface area contributed by atoms with Crippen molar-refractivity contribution in [1.29, 1.82) is 0 Å². The van der Waals surface area contributed by atoms with E-state index in [1.165, 1.54) is 246 Å². The molecule has 0 fully saturated rings. The van der Waals surface area contributed by atoms with Gasteiger partial charge < -0.3 is 37.8 Å². The van der Waals surface area contributed by atoms with Gasteiger partial charge in [-0.2, -0.15) is 0 Å². The minimum atomic E-state index is -5.01. The van der Waals surface area contributed by atoms with Crippen molar-refractivity contribution in [1.82, 2.24) is 0 Å². The monoisotopic (exact) mass is 970 g/mol. The molecule has 0 amide bonds. The van der Waals surface area contributed by atoms with Gasteiger partial charge in [-0.1, -0.05) is 166 Å². The Morgan fingerprint density at radius 2 is 0.567 bits per heavy atom. The van der Waals surface area contributed by atoms with E-state index in [1.54, 1.807) is 0 Å². The molecule has 1 aromatic carbocycles. The van der Waals surface area contributed by atoms with Crippen molar-refractivity contribution < 1.29 is 46.2 Å². The summed E-state index contributed by atoms with van der Waals surface area (Å²) in [6, 6.07) is 1.83. The second-order valence-electron chi connectivity index (χ2n) is 19.7. The maximum Gasteiger partial charge on any atom is 0.125 e. The van der Waals surface area contributed by atoms with Crippen LogP contribution in [0.25, 0.3) is 0 Å². The van der Waals surface area contributed by atoms with E-state index < -0.39 is 38.1 Å². The number of carboxylic acids is 2. The summed E-state index contributed by atoms with van der Waals surface area (Å²) in [5, 5.41) is 20.9. The first-order valence-corrected chi connectivity index (χ1v) is 29.4. The minimum Gasteiger partial charge on any atom is -0.744 e. The lowest BCUT2D eigenvalue weighted by molar-refractivity contribution is -0.929. The summed E-state index contributed by atoms with van der Waals surface area (Å²) < 4.78 is 36.1. The molecule has 0 heterocycles. The van der Waals surface area contributed by atoms with E-state index >= 15 is 0 Å². The fourth-order valence-corrected chi connectivity index (χ4v) is 9.62. The standard InChI is InChI=1S/3C16H36N.C8H6O7S/c3*1-5-9-13-17(14-10-6-2,15-11-7-3)16-12-8-4;9-7(10)4-1-2-6(16(13,14)15)5(3-4)8(11)12/h3*5-16H2,1-4H3;1-3H,(H,9,10)(H,11,12)(H,13,14,15)/q3*+1;/p-3. The summed E-state index contributed by atoms with van der Waals surface area (Å²) in [5.74, 6) is -3.66. The topological polar surface area (TPSA) is 137 Å². The number of hydrogen-bond acceptors (Lipinski definition) is 7. The third-order valence-corrected chi connectivity index (χ3v) is 14.4. The second-order valence-corrected chi connectivity index (χ2v) is 21.0. The van der Waals surface area contributed by atoms with Crippen molar-refractivity contribution in [2.24, 2.45) is 0 Å². The van der Waals surface area contributed by atoms with Crippen LogP contribution in [0, 0.1) is 0 Å². The first-order chi connectivity index (χ1) is 32.0. The molecule has 0 saturated carbocycles. The van der Waals surface area contributed by atoms with Crippen molar-refractivity contribution in [3.05, 3.63) is 29.3 Å². The molecular formula is C56H111N3O7S. The molecule has 0 atom stereocenters. The Balaban J connectivity index is -0.000000815. The highest BCUT2D eigenvalue weighted by molar-refractivity contribution is 7.85. The van der Waals surface area contributed by atoms with Crippen LogP contribution in [-0.4, -0.2) is 117 Å². The molecule has 0 aliphatic heterocycles. The van der Waals surface area contributed by atoms with Crippen molar-refractivity contribution in [3.63, 3.8) is 0 Å². The molecule has 1 rings (SSSR count). The summed E-state index contributed by atoms with van der Waals surface area (Å²) in [5.41, 5.74) is -1.57. The summed E-state index contributed by atoms with van der Waals surface area (Å²) >= 11 is 0. The zero-order valence-electron chi connectivity index (χ0n) is 46.3. The Bertz CT molecular complexity index is 1220. The summed E-state index contributed by atoms with van der Waals surface area (Å²) in [4.78, 5) is 19.9. The average molecular weight is 971 g/mol. The Labute approximate surface area is 416 Å². The van der Waals surface area contributed by atoms with Gasteiger partial charge in [0.2, 0.25) is 0 Å². The van der Waals surface area contributed by atoms with E-state index in [9.17, 15) is 32.8 Å². The first-order valence-electron chi connectivity index (χ1n) is 28.0. The number of hydrogen-bond donors (Lipinski definition) is 0. The molecule has 0 radical (unpaired) electrons. The van der Waals surface area contributed by atoms with E-state index in [-0.39, 0.29) is 0 Å². The average Bonchev–Trinajstić information content (AvgIpc) is 3.32. The molecule has 0 bridgehead atoms. The zero-order valence-corrected chi connectivity index (χ0v) is 47.1. The fraction of sp³-hybridized carbons (Fsp3) is 0.857. The van der Waals surface area contributed by atoms with Crippen LogP contribution in [0.5, 0.6) is 0 Å². The Morgan fingerprint density at radius 3 is 0.701 bits per heavy atom. The van der Waals surface area contributed by atoms with Crippen molar-refractivity contribution in [2.45, 2.75) is 242 Å². The van der Waals surface area contributed by atoms with Gasteiger partial charge in [0.1, 0.15) is 10.1 Å². The smallest absolute Gasteiger partial charge is 0.125 e. The molecule has 0 N–H and O–H groups in total. The number of quaternary nitrogens is 3. The van der Waals surface area contributed by atoms with E-state index in [4.69, 9.17) is 0 Å². The number of carboxylic acid groups (broad SMARTS) is 2. The Hall–Kier alpha value is -2.05. The van der Waals surface area contributed by atoms with Crippen LogP contribution in [0.1, 0.15) is 258 Å². The first kappa shape index (κ1) is 69.2. The van der Waals surface area contributed by atoms with Crippen LogP contribution in [0.4, 0.5) is 0 Å². The van der Waals surface area contributed by atoms with Gasteiger partial charge in [0.15, 0.2) is 0 Å². The molecule has 11 heteroatoms. The van der Waals surface area contributed by atoms with Crippen molar-refractivity contribution >= 4 is 22.1 Å². The van der Waals surface area contributed by atoms with Gasteiger partial charge >= 0.3 is 0 Å². The maximum atomic E-state index is 10.6. The Kier molecular flexibility index (Phi) is 45.4. The van der Waals surface area contributed by atoms with E-state index in [0.29, 0.717) is 12.1 Å². The summed E-state index contributed by atoms with van der Waals surface area (Å²) in [6.45, 7) is 45.1. The summed E-state index contributed by atoms with van der Waals surface area (Å²) in [7, 11) is -5.01. The van der Waals surface area contributed by atoms with E-state index in [0.717, 1.165) is 6.07 Å². The molecule has 67 heavy (non-hydrogen) atoms. The van der Waals surface area contributed by atoms with Gasteiger partial charge in [-0.15, -0.1) is 0 Å². The number of aromatic carboxylic acids is 2. The normalized spacial score (nSPS) is 11.8. The summed E-state index contributed by atoms with van der Waals surface area (Å²) in [6.07, 6.45) is 33.2. The van der Waals surface area contributed by atoms with Gasteiger partial charge in [-0.25, -0.2) is 8.42 Å². The quantitative estimate of drug-likeness (QED) is 0.0473. The highest BCUT2D eigenvalue weighted by atomic mass is 32.2. The fourth-order valence-electron chi connectivity index (χ4n) is 8.97. The third-order valence-electron chi connectivity index (χ3n) is 13.5. The molecule has 0 spiro atoms. The molecule has 0 unspecified atom stereocenters. The molecule has 0 aliphatic carbocycles. The van der Waals surface area contributed by atoms with Gasteiger partial charge in [-0.05, 0) is 94.7 Å². The molecule has 0 saturated heterocycles. The molecule has 398 valence electrons. The van der Waals surface area contributed by atoms with Crippen LogP contribution >= 0.6 is 0 Å². The molecule has 0 aromatic heterocycles. The van der Waals surface area contributed by atoms with Gasteiger partial charge in [0.25, 0.3) is 0 Å². The maximum absolute atomic E-state index is 10.6. The molecule has 1 aromatic rings. The lowest BCUT2D eigenvalue weighted by Gasteiger charge is -2.39. The number of carbonyl (C=O) groups is 2. The zero-order chi connectivity index (χ0) is 51.5. The lowest BCUT2D eigenvalue weighted by Crippen LogP contribution is -2.50. The van der Waals surface area contributed by atoms with Crippen LogP contribution in [0.15, 0.2) is 23.1 Å². The predicted octanol–water partition coefficient (Wildman–Crippen LogP) is 12.3. The Morgan fingerprint density at radius 1 is 0.373 bits per heavy atom. The molecule has 10 nitrogen and oxygen atoms in total. The number of rotatable bonds is 39. The van der Waals surface area contributed by atoms with Crippen LogP contribution in [-0.2, 0) is 10.1 Å². The van der Waals surface area contributed by atoms with Crippen LogP contribution in [0.3, 0.4) is 0 Å². The van der Waals surface area contributed by atoms with Gasteiger partial charge in [-0.3, -0.25) is 0 Å². The number of unbranched alkanes of at least 4 members (excludes halogenated alkanes) is 12. The highest BCUT2D eigenvalue weighted by Gasteiger charge is 2.27. The van der Waals surface area contributed by atoms with E-state index in [2.05, 4.69) is 83.1 Å². The lowest BCUT2D eigenvalue weighted by atomic mass is 10.1. The van der Waals surface area contributed by atoms with Gasteiger partial charge in [0.05, 0.1) is 95.4 Å². The van der Waals surface area contributed by atoms with Crippen LogP contribution < -0.4 is 10.2 Å². The van der Waals surface area contributed by atoms with Crippen molar-refractivity contribution in [3.8, 4) is 0 Å². The molecular weight excluding hydrogens is 859 g/mol. The molecule has 0 aliphatic rings. The van der Waals surface area contributed by atoms with E-state index in [1.807, 2.05) is 0 Å². The minimum absolute atomic E-state index is 0.495.